The number of nitrogens with one attached hydrogen (secondary N) is 1. The second kappa shape index (κ2) is 3.76. The molecule has 0 aromatic heterocycles. The van der Waals surface area contributed by atoms with E-state index in [1.54, 1.807) is 24.3 Å². The highest BCUT2D eigenvalue weighted by molar-refractivity contribution is 7.90. The molecule has 0 saturated heterocycles. The molecule has 4 nitrogen and oxygen atoms in total. The minimum absolute atomic E-state index is 0.315. The van der Waals surface area contributed by atoms with Crippen LogP contribution in [-0.4, -0.2) is 21.3 Å². The average molecular weight is 200 g/mol. The molecule has 1 rings (SSSR count). The van der Waals surface area contributed by atoms with Gasteiger partial charge in [-0.15, -0.1) is 0 Å². The van der Waals surface area contributed by atoms with Crippen molar-refractivity contribution in [3.63, 3.8) is 0 Å². The third kappa shape index (κ3) is 2.71. The Hall–Kier alpha value is -1.07. The molecule has 0 atom stereocenters. The van der Waals surface area contributed by atoms with Crippen LogP contribution >= 0.6 is 0 Å². The fourth-order valence-corrected chi connectivity index (χ4v) is 1.57. The molecule has 0 spiro atoms. The van der Waals surface area contributed by atoms with E-state index in [9.17, 15) is 8.42 Å². The molecule has 5 heteroatoms. The van der Waals surface area contributed by atoms with Gasteiger partial charge >= 0.3 is 0 Å². The second-order valence-electron chi connectivity index (χ2n) is 2.68. The molecule has 1 aromatic carbocycles. The maximum atomic E-state index is 11.1. The lowest BCUT2D eigenvalue weighted by atomic mass is 10.3. The van der Waals surface area contributed by atoms with Crippen molar-refractivity contribution >= 4 is 15.5 Å². The summed E-state index contributed by atoms with van der Waals surface area (Å²) in [5.41, 5.74) is 6.07. The van der Waals surface area contributed by atoms with Crippen molar-refractivity contribution in [2.24, 2.45) is 5.73 Å². The van der Waals surface area contributed by atoms with Crippen molar-refractivity contribution in [2.75, 3.05) is 18.2 Å². The van der Waals surface area contributed by atoms with Gasteiger partial charge in [0, 0.05) is 11.9 Å². The molecule has 0 aliphatic heterocycles. The third-order valence-corrected chi connectivity index (χ3v) is 2.72. The summed E-state index contributed by atoms with van der Waals surface area (Å²) in [7, 11) is -3.09. The molecule has 1 aromatic rings. The van der Waals surface area contributed by atoms with Gasteiger partial charge in [0.05, 0.1) is 11.6 Å². The Bertz CT molecular complexity index is 370. The monoisotopic (exact) mass is 200 g/mol. The van der Waals surface area contributed by atoms with Crippen LogP contribution in [0.3, 0.4) is 0 Å². The molecule has 0 fully saturated rings. The van der Waals surface area contributed by atoms with Crippen molar-refractivity contribution < 1.29 is 8.42 Å². The highest BCUT2D eigenvalue weighted by Gasteiger charge is 2.05. The van der Waals surface area contributed by atoms with Crippen LogP contribution in [0, 0.1) is 0 Å². The minimum atomic E-state index is -3.09. The molecule has 0 unspecified atom stereocenters. The van der Waals surface area contributed by atoms with Crippen LogP contribution in [0.15, 0.2) is 29.2 Å². The van der Waals surface area contributed by atoms with Gasteiger partial charge in [0.2, 0.25) is 0 Å². The normalized spacial score (nSPS) is 11.2. The number of hydrogen-bond donors (Lipinski definition) is 2. The van der Waals surface area contributed by atoms with E-state index >= 15 is 0 Å². The molecule has 0 saturated carbocycles. The van der Waals surface area contributed by atoms with Crippen molar-refractivity contribution in [3.8, 4) is 0 Å². The predicted molar refractivity (Wildman–Crippen MR) is 52.2 cm³/mol. The zero-order valence-electron chi connectivity index (χ0n) is 7.32. The van der Waals surface area contributed by atoms with Crippen LogP contribution in [-0.2, 0) is 9.84 Å². The lowest BCUT2D eigenvalue weighted by Crippen LogP contribution is -2.10. The van der Waals surface area contributed by atoms with E-state index in [4.69, 9.17) is 5.73 Å². The SMILES string of the molecule is CS(=O)(=O)c1ccc(NCN)cc1. The number of anilines is 1. The Kier molecular flexibility index (Phi) is 2.90. The maximum Gasteiger partial charge on any atom is 0.175 e. The summed E-state index contributed by atoms with van der Waals surface area (Å²) < 4.78 is 22.1. The molecule has 0 aliphatic rings. The van der Waals surface area contributed by atoms with Gasteiger partial charge in [-0.1, -0.05) is 0 Å². The second-order valence-corrected chi connectivity index (χ2v) is 4.69. The van der Waals surface area contributed by atoms with E-state index in [1.165, 1.54) is 6.26 Å². The van der Waals surface area contributed by atoms with Gasteiger partial charge in [0.1, 0.15) is 0 Å². The Morgan fingerprint density at radius 3 is 2.23 bits per heavy atom. The highest BCUT2D eigenvalue weighted by Crippen LogP contribution is 2.12. The Morgan fingerprint density at radius 1 is 1.31 bits per heavy atom. The summed E-state index contributed by atoms with van der Waals surface area (Å²) in [6.07, 6.45) is 1.18. The van der Waals surface area contributed by atoms with Gasteiger partial charge in [0.15, 0.2) is 9.84 Å². The molecular formula is C8H12N2O2S. The first-order valence-corrected chi connectivity index (χ1v) is 5.67. The lowest BCUT2D eigenvalue weighted by molar-refractivity contribution is 0.602. The summed E-state index contributed by atoms with van der Waals surface area (Å²) in [4.78, 5) is 0.315. The first-order chi connectivity index (χ1) is 6.04. The van der Waals surface area contributed by atoms with Crippen LogP contribution in [0.4, 0.5) is 5.69 Å². The fraction of sp³-hybridized carbons (Fsp3) is 0.250. The smallest absolute Gasteiger partial charge is 0.175 e. The summed E-state index contributed by atoms with van der Waals surface area (Å²) in [6, 6.07) is 6.47. The summed E-state index contributed by atoms with van der Waals surface area (Å²) in [5.74, 6) is 0. The number of rotatable bonds is 3. The van der Waals surface area contributed by atoms with Crippen molar-refractivity contribution in [3.05, 3.63) is 24.3 Å². The van der Waals surface area contributed by atoms with Gasteiger partial charge in [-0.2, -0.15) is 0 Å². The van der Waals surface area contributed by atoms with E-state index in [0.29, 0.717) is 11.6 Å². The van der Waals surface area contributed by atoms with E-state index < -0.39 is 9.84 Å². The van der Waals surface area contributed by atoms with Crippen molar-refractivity contribution in [1.29, 1.82) is 0 Å². The zero-order valence-corrected chi connectivity index (χ0v) is 8.14. The van der Waals surface area contributed by atoms with Crippen LogP contribution < -0.4 is 11.1 Å². The Balaban J connectivity index is 2.94. The maximum absolute atomic E-state index is 11.1. The Morgan fingerprint density at radius 2 is 1.85 bits per heavy atom. The van der Waals surface area contributed by atoms with Gasteiger partial charge in [0.25, 0.3) is 0 Å². The van der Waals surface area contributed by atoms with E-state index in [0.717, 1.165) is 5.69 Å². The van der Waals surface area contributed by atoms with E-state index in [1.807, 2.05) is 0 Å². The molecule has 0 bridgehead atoms. The Labute approximate surface area is 77.7 Å². The summed E-state index contributed by atoms with van der Waals surface area (Å²) in [6.45, 7) is 0.332. The standard InChI is InChI=1S/C8H12N2O2S/c1-13(11,12)8-4-2-7(3-5-8)10-6-9/h2-5,10H,6,9H2,1H3. The van der Waals surface area contributed by atoms with Crippen LogP contribution in [0.2, 0.25) is 0 Å². The zero-order chi connectivity index (χ0) is 9.90. The molecule has 72 valence electrons. The molecule has 3 N–H and O–H groups in total. The van der Waals surface area contributed by atoms with Gasteiger partial charge in [-0.25, -0.2) is 8.42 Å². The topological polar surface area (TPSA) is 72.2 Å². The molecular weight excluding hydrogens is 188 g/mol. The first kappa shape index (κ1) is 10.0. The molecule has 0 radical (unpaired) electrons. The lowest BCUT2D eigenvalue weighted by Gasteiger charge is -2.03. The average Bonchev–Trinajstić information content (AvgIpc) is 2.04. The van der Waals surface area contributed by atoms with E-state index in [2.05, 4.69) is 5.32 Å². The van der Waals surface area contributed by atoms with Crippen LogP contribution in [0.5, 0.6) is 0 Å². The van der Waals surface area contributed by atoms with Crippen LogP contribution in [0.25, 0.3) is 0 Å². The van der Waals surface area contributed by atoms with Crippen molar-refractivity contribution in [2.45, 2.75) is 4.90 Å². The highest BCUT2D eigenvalue weighted by atomic mass is 32.2. The predicted octanol–water partition coefficient (Wildman–Crippen LogP) is 0.418. The van der Waals surface area contributed by atoms with Gasteiger partial charge < -0.3 is 11.1 Å². The molecule has 0 amide bonds. The summed E-state index contributed by atoms with van der Waals surface area (Å²) >= 11 is 0. The quantitative estimate of drug-likeness (QED) is 0.693. The summed E-state index contributed by atoms with van der Waals surface area (Å²) in [5, 5.41) is 2.87. The first-order valence-electron chi connectivity index (χ1n) is 3.78. The third-order valence-electron chi connectivity index (χ3n) is 1.59. The molecule has 13 heavy (non-hydrogen) atoms. The number of benzene rings is 1. The minimum Gasteiger partial charge on any atom is -0.373 e. The number of sulfone groups is 1. The largest absolute Gasteiger partial charge is 0.373 e. The van der Waals surface area contributed by atoms with E-state index in [-0.39, 0.29) is 0 Å². The fourth-order valence-electron chi connectivity index (χ4n) is 0.938. The molecule has 0 aliphatic carbocycles. The molecule has 0 heterocycles. The number of hydrogen-bond acceptors (Lipinski definition) is 4. The van der Waals surface area contributed by atoms with Gasteiger partial charge in [-0.3, -0.25) is 0 Å². The number of nitrogens with two attached hydrogens (primary N) is 1. The van der Waals surface area contributed by atoms with Gasteiger partial charge in [-0.05, 0) is 24.3 Å². The van der Waals surface area contributed by atoms with Crippen molar-refractivity contribution in [1.82, 2.24) is 0 Å². The van der Waals surface area contributed by atoms with Crippen LogP contribution in [0.1, 0.15) is 0 Å².